The number of rotatable bonds is 6. The minimum atomic E-state index is -0.924. The molecule has 0 saturated carbocycles. The molecule has 44 heavy (non-hydrogen) atoms. The molecule has 0 bridgehead atoms. The third kappa shape index (κ3) is 4.70. The number of β-amino-alcohol motifs (C(OH)–C–C–N with tert-alkyl or cyclic N) is 1. The summed E-state index contributed by atoms with van der Waals surface area (Å²) in [4.78, 5) is 14.1. The van der Waals surface area contributed by atoms with Crippen molar-refractivity contribution in [2.24, 2.45) is 0 Å². The average molecular weight is 595 g/mol. The molecule has 3 fully saturated rings. The lowest BCUT2D eigenvalue weighted by molar-refractivity contribution is 0.0446. The predicted molar refractivity (Wildman–Crippen MR) is 165 cm³/mol. The van der Waals surface area contributed by atoms with Crippen LogP contribution in [0.5, 0.6) is 11.6 Å². The number of phenols is 1. The number of imidazole rings is 1. The first-order valence-corrected chi connectivity index (χ1v) is 15.3. The summed E-state index contributed by atoms with van der Waals surface area (Å²) in [6, 6.07) is 8.37. The zero-order valence-electron chi connectivity index (χ0n) is 24.8. The highest BCUT2D eigenvalue weighted by molar-refractivity contribution is 5.93. The fourth-order valence-corrected chi connectivity index (χ4v) is 7.69. The first-order valence-electron chi connectivity index (χ1n) is 15.3. The molecule has 4 aromatic rings. The summed E-state index contributed by atoms with van der Waals surface area (Å²) < 4.78 is 23.2. The number of fused-ring (bicyclic) bond motifs is 3. The van der Waals surface area contributed by atoms with Crippen molar-refractivity contribution in [1.29, 1.82) is 5.26 Å². The maximum Gasteiger partial charge on any atom is 0.244 e. The molecule has 3 aliphatic heterocycles. The average Bonchev–Trinajstić information content (AvgIpc) is 3.70. The largest absolute Gasteiger partial charge is 0.508 e. The number of aliphatic hydroxyl groups is 1. The van der Waals surface area contributed by atoms with Gasteiger partial charge in [0.2, 0.25) is 5.88 Å². The Bertz CT molecular complexity index is 1860. The Balaban J connectivity index is 1.38. The third-order valence-electron chi connectivity index (χ3n) is 9.70. The van der Waals surface area contributed by atoms with E-state index < -0.39 is 11.4 Å². The van der Waals surface area contributed by atoms with Crippen LogP contribution < -0.4 is 9.64 Å². The molecule has 2 N–H and O–H groups in total. The SMILES string of the molecule is C#Cc1c(F)ccc2cc(O)cc(Cn3cnc4c(OCC56CCCN5CCC6)nc(N5CCCC(C)(O)C5)c(C#N)c43)c12. The smallest absolute Gasteiger partial charge is 0.244 e. The van der Waals surface area contributed by atoms with E-state index in [1.54, 1.807) is 31.5 Å². The number of benzene rings is 2. The van der Waals surface area contributed by atoms with Gasteiger partial charge < -0.3 is 24.4 Å². The minimum absolute atomic E-state index is 0.0182. The van der Waals surface area contributed by atoms with E-state index in [0.29, 0.717) is 70.7 Å². The van der Waals surface area contributed by atoms with Gasteiger partial charge >= 0.3 is 0 Å². The van der Waals surface area contributed by atoms with Gasteiger partial charge in [0, 0.05) is 25.0 Å². The second kappa shape index (κ2) is 10.7. The van der Waals surface area contributed by atoms with Crippen molar-refractivity contribution >= 4 is 27.6 Å². The second-order valence-electron chi connectivity index (χ2n) is 12.8. The molecule has 2 aromatic heterocycles. The summed E-state index contributed by atoms with van der Waals surface area (Å²) in [7, 11) is 0. The van der Waals surface area contributed by atoms with Gasteiger partial charge in [-0.2, -0.15) is 10.2 Å². The lowest BCUT2D eigenvalue weighted by Gasteiger charge is -2.38. The normalized spacial score (nSPS) is 21.4. The van der Waals surface area contributed by atoms with Crippen molar-refractivity contribution < 1.29 is 19.3 Å². The fourth-order valence-electron chi connectivity index (χ4n) is 7.69. The first-order chi connectivity index (χ1) is 21.2. The number of nitriles is 1. The molecule has 3 saturated heterocycles. The summed E-state index contributed by atoms with van der Waals surface area (Å²) >= 11 is 0. The Labute approximate surface area is 255 Å². The van der Waals surface area contributed by atoms with Crippen molar-refractivity contribution in [3.05, 3.63) is 53.1 Å². The monoisotopic (exact) mass is 594 g/mol. The Hall–Kier alpha value is -4.38. The van der Waals surface area contributed by atoms with Gasteiger partial charge in [0.1, 0.15) is 29.8 Å². The van der Waals surface area contributed by atoms with Gasteiger partial charge in [-0.05, 0) is 87.7 Å². The lowest BCUT2D eigenvalue weighted by Crippen LogP contribution is -2.47. The van der Waals surface area contributed by atoms with Crippen LogP contribution >= 0.6 is 0 Å². The number of hydrogen-bond donors (Lipinski definition) is 2. The summed E-state index contributed by atoms with van der Waals surface area (Å²) in [5.74, 6) is 2.76. The Kier molecular flexibility index (Phi) is 6.88. The standard InChI is InChI=1S/C34H35FN6O3/c1-3-25-27(35)8-7-22-15-24(42)16-23(28(22)25)18-40-21-37-29-30(40)26(17-36)31(39-12-4-9-33(2,43)19-39)38-32(29)44-20-34-10-5-13-41(34)14-6-11-34/h1,7-8,15-16,21,42-43H,4-6,9-14,18-20H2,2H3. The summed E-state index contributed by atoms with van der Waals surface area (Å²) in [5, 5.41) is 33.2. The Morgan fingerprint density at radius 2 is 1.89 bits per heavy atom. The number of aromatic nitrogens is 3. The second-order valence-corrected chi connectivity index (χ2v) is 12.8. The van der Waals surface area contributed by atoms with Crippen LogP contribution in [0.15, 0.2) is 30.6 Å². The van der Waals surface area contributed by atoms with Crippen molar-refractivity contribution in [1.82, 2.24) is 19.4 Å². The fraction of sp³-hybridized carbons (Fsp3) is 0.441. The van der Waals surface area contributed by atoms with Gasteiger partial charge in [-0.3, -0.25) is 4.90 Å². The maximum absolute atomic E-state index is 14.8. The van der Waals surface area contributed by atoms with E-state index in [1.165, 1.54) is 6.07 Å². The molecule has 7 rings (SSSR count). The van der Waals surface area contributed by atoms with Crippen LogP contribution in [0.25, 0.3) is 21.8 Å². The van der Waals surface area contributed by atoms with E-state index >= 15 is 0 Å². The van der Waals surface area contributed by atoms with Gasteiger partial charge in [0.25, 0.3) is 0 Å². The lowest BCUT2D eigenvalue weighted by atomic mass is 9.95. The summed E-state index contributed by atoms with van der Waals surface area (Å²) in [6.07, 6.45) is 13.2. The molecule has 10 heteroatoms. The van der Waals surface area contributed by atoms with E-state index in [1.807, 2.05) is 9.47 Å². The Morgan fingerprint density at radius 3 is 2.61 bits per heavy atom. The molecule has 5 heterocycles. The molecule has 1 atom stereocenters. The minimum Gasteiger partial charge on any atom is -0.508 e. The van der Waals surface area contributed by atoms with Gasteiger partial charge in [0.15, 0.2) is 11.3 Å². The molecular weight excluding hydrogens is 559 g/mol. The van der Waals surface area contributed by atoms with Crippen molar-refractivity contribution in [3.63, 3.8) is 0 Å². The van der Waals surface area contributed by atoms with Gasteiger partial charge in [0.05, 0.1) is 28.5 Å². The summed E-state index contributed by atoms with van der Waals surface area (Å²) in [5.41, 5.74) is 1.06. The molecule has 2 aromatic carbocycles. The molecule has 3 aliphatic rings. The van der Waals surface area contributed by atoms with E-state index in [4.69, 9.17) is 21.1 Å². The highest BCUT2D eigenvalue weighted by Gasteiger charge is 2.45. The molecular formula is C34H35FN6O3. The van der Waals surface area contributed by atoms with E-state index in [-0.39, 0.29) is 23.4 Å². The van der Waals surface area contributed by atoms with E-state index in [0.717, 1.165) is 45.2 Å². The number of ether oxygens (including phenoxy) is 1. The zero-order valence-corrected chi connectivity index (χ0v) is 24.8. The van der Waals surface area contributed by atoms with Crippen molar-refractivity contribution in [3.8, 4) is 30.0 Å². The number of hydrogen-bond acceptors (Lipinski definition) is 8. The zero-order chi connectivity index (χ0) is 30.6. The molecule has 226 valence electrons. The molecule has 1 unspecified atom stereocenters. The van der Waals surface area contributed by atoms with Gasteiger partial charge in [-0.15, -0.1) is 6.42 Å². The number of piperidine rings is 1. The van der Waals surface area contributed by atoms with Gasteiger partial charge in [-0.1, -0.05) is 12.0 Å². The van der Waals surface area contributed by atoms with Crippen LogP contribution in [-0.2, 0) is 6.54 Å². The number of nitrogens with zero attached hydrogens (tertiary/aromatic N) is 6. The van der Waals surface area contributed by atoms with Crippen LogP contribution in [-0.4, -0.2) is 73.6 Å². The first kappa shape index (κ1) is 28.4. The molecule has 0 aliphatic carbocycles. The highest BCUT2D eigenvalue weighted by atomic mass is 19.1. The van der Waals surface area contributed by atoms with Gasteiger partial charge in [-0.25, -0.2) is 9.37 Å². The maximum atomic E-state index is 14.8. The quantitative estimate of drug-likeness (QED) is 0.310. The number of pyridine rings is 1. The number of halogens is 1. The van der Waals surface area contributed by atoms with Crippen LogP contribution in [0.2, 0.25) is 0 Å². The van der Waals surface area contributed by atoms with E-state index in [2.05, 4.69) is 16.9 Å². The summed E-state index contributed by atoms with van der Waals surface area (Å²) in [6.45, 7) is 5.54. The van der Waals surface area contributed by atoms with Crippen LogP contribution in [0.3, 0.4) is 0 Å². The number of phenolic OH excluding ortho intramolecular Hbond substituents is 1. The molecule has 0 spiro atoms. The van der Waals surface area contributed by atoms with Crippen LogP contribution in [0.1, 0.15) is 62.1 Å². The molecule has 0 radical (unpaired) electrons. The van der Waals surface area contributed by atoms with Crippen LogP contribution in [0.4, 0.5) is 10.2 Å². The van der Waals surface area contributed by atoms with Crippen molar-refractivity contribution in [2.45, 2.75) is 63.1 Å². The van der Waals surface area contributed by atoms with Crippen molar-refractivity contribution in [2.75, 3.05) is 37.7 Å². The molecule has 0 amide bonds. The topological polar surface area (TPSA) is 111 Å². The van der Waals surface area contributed by atoms with E-state index in [9.17, 15) is 19.9 Å². The number of anilines is 1. The predicted octanol–water partition coefficient (Wildman–Crippen LogP) is 4.69. The highest BCUT2D eigenvalue weighted by Crippen LogP contribution is 2.41. The van der Waals surface area contributed by atoms with Crippen LogP contribution in [0, 0.1) is 29.5 Å². The molecule has 9 nitrogen and oxygen atoms in total. The Morgan fingerprint density at radius 1 is 1.11 bits per heavy atom. The third-order valence-corrected chi connectivity index (χ3v) is 9.70. The number of terminal acetylenes is 1. The number of aromatic hydroxyl groups is 1.